The molecule has 0 aromatic rings. The zero-order valence-corrected chi connectivity index (χ0v) is 16.5. The predicted molar refractivity (Wildman–Crippen MR) is 100 cm³/mol. The van der Waals surface area contributed by atoms with Gasteiger partial charge in [0, 0.05) is 61.9 Å². The molecule has 0 aromatic heterocycles. The molecule has 24 heavy (non-hydrogen) atoms. The van der Waals surface area contributed by atoms with E-state index in [4.69, 9.17) is 0 Å². The summed E-state index contributed by atoms with van der Waals surface area (Å²) < 4.78 is 0. The minimum atomic E-state index is 0.333. The van der Waals surface area contributed by atoms with E-state index in [1.54, 1.807) is 0 Å². The molecule has 4 aliphatic rings. The summed E-state index contributed by atoms with van der Waals surface area (Å²) in [6.07, 6.45) is 5.65. The van der Waals surface area contributed by atoms with E-state index >= 15 is 0 Å². The molecule has 4 nitrogen and oxygen atoms in total. The monoisotopic (exact) mass is 334 g/mol. The largest absolute Gasteiger partial charge is 0.292 e. The van der Waals surface area contributed by atoms with Crippen LogP contribution in [0.5, 0.6) is 0 Å². The third-order valence-corrected chi connectivity index (χ3v) is 6.94. The molecule has 0 spiro atoms. The minimum Gasteiger partial charge on any atom is -0.292 e. The molecule has 0 radical (unpaired) electrons. The lowest BCUT2D eigenvalue weighted by Gasteiger charge is -2.50. The average molecular weight is 335 g/mol. The molecule has 0 N–H and O–H groups in total. The Bertz CT molecular complexity index is 429. The fourth-order valence-corrected chi connectivity index (χ4v) is 6.47. The Kier molecular flexibility index (Phi) is 4.48. The molecular formula is C20H38N4. The summed E-state index contributed by atoms with van der Waals surface area (Å²) in [5, 5.41) is 0. The number of nitrogens with zero attached hydrogens (tertiary/aromatic N) is 4. The molecule has 0 aromatic carbocycles. The van der Waals surface area contributed by atoms with Crippen molar-refractivity contribution >= 4 is 0 Å². The molecule has 4 rings (SSSR count). The van der Waals surface area contributed by atoms with E-state index in [0.717, 1.165) is 30.2 Å². The highest BCUT2D eigenvalue weighted by Crippen LogP contribution is 2.37. The van der Waals surface area contributed by atoms with Crippen LogP contribution in [0.2, 0.25) is 0 Å². The van der Waals surface area contributed by atoms with Crippen molar-refractivity contribution in [3.63, 3.8) is 0 Å². The lowest BCUT2D eigenvalue weighted by atomic mass is 10.0. The van der Waals surface area contributed by atoms with Gasteiger partial charge in [0.1, 0.15) is 0 Å². The van der Waals surface area contributed by atoms with Crippen molar-refractivity contribution in [2.75, 3.05) is 32.8 Å². The number of hydrogen-bond donors (Lipinski definition) is 0. The first-order valence-corrected chi connectivity index (χ1v) is 10.3. The number of rotatable bonds is 3. The Morgan fingerprint density at radius 1 is 0.750 bits per heavy atom. The van der Waals surface area contributed by atoms with Crippen LogP contribution in [0.3, 0.4) is 0 Å². The minimum absolute atomic E-state index is 0.333. The van der Waals surface area contributed by atoms with Gasteiger partial charge in [0.25, 0.3) is 0 Å². The molecular weight excluding hydrogens is 296 g/mol. The zero-order valence-electron chi connectivity index (χ0n) is 16.5. The number of piperazine rings is 2. The molecule has 4 heterocycles. The van der Waals surface area contributed by atoms with Gasteiger partial charge in [-0.15, -0.1) is 0 Å². The topological polar surface area (TPSA) is 13.0 Å². The van der Waals surface area contributed by atoms with Crippen LogP contribution >= 0.6 is 0 Å². The summed E-state index contributed by atoms with van der Waals surface area (Å²) in [5.41, 5.74) is 0.333. The highest BCUT2D eigenvalue weighted by molar-refractivity contribution is 5.02. The summed E-state index contributed by atoms with van der Waals surface area (Å²) in [7, 11) is 0. The Hall–Kier alpha value is -0.160. The summed E-state index contributed by atoms with van der Waals surface area (Å²) in [5.74, 6) is 0. The van der Waals surface area contributed by atoms with Crippen molar-refractivity contribution in [1.82, 2.24) is 19.6 Å². The van der Waals surface area contributed by atoms with Gasteiger partial charge in [0.15, 0.2) is 0 Å². The fraction of sp³-hybridized carbons (Fsp3) is 1.00. The van der Waals surface area contributed by atoms with E-state index in [0.29, 0.717) is 5.54 Å². The van der Waals surface area contributed by atoms with Crippen molar-refractivity contribution in [2.24, 2.45) is 0 Å². The van der Waals surface area contributed by atoms with Crippen LogP contribution < -0.4 is 0 Å². The second-order valence-electron chi connectivity index (χ2n) is 10.1. The quantitative estimate of drug-likeness (QED) is 0.786. The molecule has 4 aliphatic heterocycles. The molecule has 138 valence electrons. The molecule has 4 unspecified atom stereocenters. The van der Waals surface area contributed by atoms with E-state index < -0.39 is 0 Å². The van der Waals surface area contributed by atoms with Gasteiger partial charge in [-0.2, -0.15) is 0 Å². The molecule has 0 saturated carbocycles. The van der Waals surface area contributed by atoms with Gasteiger partial charge in [0.05, 0.1) is 6.67 Å². The van der Waals surface area contributed by atoms with Crippen LogP contribution in [0.15, 0.2) is 0 Å². The van der Waals surface area contributed by atoms with Crippen molar-refractivity contribution < 1.29 is 0 Å². The Balaban J connectivity index is 1.35. The molecule has 4 bridgehead atoms. The number of hydrogen-bond acceptors (Lipinski definition) is 4. The Labute approximate surface area is 149 Å². The zero-order chi connectivity index (χ0) is 17.1. The van der Waals surface area contributed by atoms with E-state index in [-0.39, 0.29) is 0 Å². The van der Waals surface area contributed by atoms with Crippen LogP contribution in [-0.4, -0.2) is 88.2 Å². The molecule has 0 amide bonds. The summed E-state index contributed by atoms with van der Waals surface area (Å²) in [6, 6.07) is 3.93. The number of fused-ring (bicyclic) bond motifs is 4. The van der Waals surface area contributed by atoms with Gasteiger partial charge in [-0.05, 0) is 60.3 Å². The van der Waals surface area contributed by atoms with Gasteiger partial charge in [-0.1, -0.05) is 0 Å². The van der Waals surface area contributed by atoms with Crippen LogP contribution in [-0.2, 0) is 0 Å². The Morgan fingerprint density at radius 2 is 1.17 bits per heavy atom. The third-order valence-electron chi connectivity index (χ3n) is 6.94. The standard InChI is InChI=1S/C20H38N4/c1-15(2)23-16-6-7-17(23)11-21(10-16)14-22-12-18-8-9-19(13-22)24(18)20(3,4)5/h15-19H,6-14H2,1-5H3. The van der Waals surface area contributed by atoms with E-state index in [1.807, 2.05) is 0 Å². The van der Waals surface area contributed by atoms with E-state index in [2.05, 4.69) is 54.2 Å². The van der Waals surface area contributed by atoms with Crippen LogP contribution in [0.1, 0.15) is 60.3 Å². The van der Waals surface area contributed by atoms with Crippen molar-refractivity contribution in [2.45, 2.75) is 96.1 Å². The molecule has 4 saturated heterocycles. The average Bonchev–Trinajstić information content (AvgIpc) is 2.91. The maximum atomic E-state index is 2.82. The van der Waals surface area contributed by atoms with Gasteiger partial charge in [-0.3, -0.25) is 19.6 Å². The summed E-state index contributed by atoms with van der Waals surface area (Å²) >= 11 is 0. The highest BCUT2D eigenvalue weighted by atomic mass is 15.4. The summed E-state index contributed by atoms with van der Waals surface area (Å²) in [4.78, 5) is 11.2. The van der Waals surface area contributed by atoms with Crippen LogP contribution in [0, 0.1) is 0 Å². The van der Waals surface area contributed by atoms with Gasteiger partial charge < -0.3 is 0 Å². The van der Waals surface area contributed by atoms with E-state index in [9.17, 15) is 0 Å². The molecule has 4 atom stereocenters. The predicted octanol–water partition coefficient (Wildman–Crippen LogP) is 2.45. The smallest absolute Gasteiger partial charge is 0.0508 e. The lowest BCUT2D eigenvalue weighted by Crippen LogP contribution is -2.63. The SMILES string of the molecule is CC(C)N1C2CCC1CN(CN1CC3CCC(C1)N3C(C)(C)C)C2. The molecule has 0 aliphatic carbocycles. The second-order valence-corrected chi connectivity index (χ2v) is 10.1. The first kappa shape index (κ1) is 17.3. The van der Waals surface area contributed by atoms with E-state index in [1.165, 1.54) is 58.5 Å². The second kappa shape index (κ2) is 6.22. The first-order chi connectivity index (χ1) is 11.3. The first-order valence-electron chi connectivity index (χ1n) is 10.3. The maximum absolute atomic E-state index is 2.82. The molecule has 4 heteroatoms. The van der Waals surface area contributed by atoms with Crippen molar-refractivity contribution in [3.05, 3.63) is 0 Å². The molecule has 4 fully saturated rings. The van der Waals surface area contributed by atoms with Crippen molar-refractivity contribution in [3.8, 4) is 0 Å². The maximum Gasteiger partial charge on any atom is 0.0508 e. The van der Waals surface area contributed by atoms with Gasteiger partial charge in [0.2, 0.25) is 0 Å². The lowest BCUT2D eigenvalue weighted by molar-refractivity contribution is -0.0355. The Morgan fingerprint density at radius 3 is 1.58 bits per heavy atom. The fourth-order valence-electron chi connectivity index (χ4n) is 6.47. The van der Waals surface area contributed by atoms with Gasteiger partial charge >= 0.3 is 0 Å². The summed E-state index contributed by atoms with van der Waals surface area (Å²) in [6.45, 7) is 18.3. The van der Waals surface area contributed by atoms with Crippen molar-refractivity contribution in [1.29, 1.82) is 0 Å². The highest BCUT2D eigenvalue weighted by Gasteiger charge is 2.46. The van der Waals surface area contributed by atoms with Crippen LogP contribution in [0.25, 0.3) is 0 Å². The van der Waals surface area contributed by atoms with Crippen LogP contribution in [0.4, 0.5) is 0 Å². The van der Waals surface area contributed by atoms with Gasteiger partial charge in [-0.25, -0.2) is 0 Å². The normalized spacial score (nSPS) is 39.2. The third kappa shape index (κ3) is 3.04. The number of likely N-dealkylation sites (tertiary alicyclic amines) is 2.